The van der Waals surface area contributed by atoms with Crippen molar-refractivity contribution in [3.8, 4) is 0 Å². The van der Waals surface area contributed by atoms with Gasteiger partial charge in [0.05, 0.1) is 5.69 Å². The van der Waals surface area contributed by atoms with Crippen LogP contribution in [0.5, 0.6) is 0 Å². The number of carbonyl (C=O) groups excluding carboxylic acids is 2. The number of nitrogens with two attached hydrogens (primary N) is 1. The maximum absolute atomic E-state index is 13.0. The van der Waals surface area contributed by atoms with E-state index in [1.165, 1.54) is 29.3 Å². The third-order valence-electron chi connectivity index (χ3n) is 3.65. The number of halogens is 1. The lowest BCUT2D eigenvalue weighted by molar-refractivity contribution is -0.119. The lowest BCUT2D eigenvalue weighted by atomic mass is 10.1. The summed E-state index contributed by atoms with van der Waals surface area (Å²) in [5.74, 6) is -1.32. The number of ether oxygens (including phenoxy) is 1. The van der Waals surface area contributed by atoms with E-state index in [1.807, 2.05) is 0 Å². The largest absolute Gasteiger partial charge is 0.385 e. The van der Waals surface area contributed by atoms with Crippen LogP contribution >= 0.6 is 0 Å². The van der Waals surface area contributed by atoms with Crippen molar-refractivity contribution < 1.29 is 18.7 Å². The first kappa shape index (κ1) is 17.9. The number of amides is 2. The van der Waals surface area contributed by atoms with E-state index in [2.05, 4.69) is 10.4 Å². The summed E-state index contributed by atoms with van der Waals surface area (Å²) in [4.78, 5) is 23.8. The molecule has 1 heterocycles. The molecule has 0 unspecified atom stereocenters. The minimum absolute atomic E-state index is 0.122. The number of unbranched alkanes of at least 4 members (excludes halogenated alkanes) is 1. The lowest BCUT2D eigenvalue weighted by Crippen LogP contribution is -2.40. The van der Waals surface area contributed by atoms with E-state index >= 15 is 0 Å². The van der Waals surface area contributed by atoms with Crippen molar-refractivity contribution in [3.05, 3.63) is 30.1 Å². The predicted molar refractivity (Wildman–Crippen MR) is 88.0 cm³/mol. The summed E-state index contributed by atoms with van der Waals surface area (Å²) in [6.45, 7) is 1.14. The van der Waals surface area contributed by atoms with E-state index in [4.69, 9.17) is 10.5 Å². The maximum atomic E-state index is 13.0. The van der Waals surface area contributed by atoms with Crippen LogP contribution in [-0.4, -0.2) is 43.8 Å². The van der Waals surface area contributed by atoms with Gasteiger partial charge in [0.1, 0.15) is 17.6 Å². The first-order valence-electron chi connectivity index (χ1n) is 7.71. The van der Waals surface area contributed by atoms with Gasteiger partial charge in [-0.2, -0.15) is 5.10 Å². The van der Waals surface area contributed by atoms with Crippen LogP contribution in [0, 0.1) is 5.82 Å². The molecule has 2 rings (SSSR count). The maximum Gasteiger partial charge on any atom is 0.267 e. The smallest absolute Gasteiger partial charge is 0.267 e. The normalized spacial score (nSPS) is 16.8. The second-order valence-electron chi connectivity index (χ2n) is 5.45. The van der Waals surface area contributed by atoms with Crippen LogP contribution in [0.3, 0.4) is 0 Å². The number of methoxy groups -OCH3 is 1. The van der Waals surface area contributed by atoms with Gasteiger partial charge < -0.3 is 15.8 Å². The molecule has 1 aliphatic heterocycles. The average Bonchev–Trinajstić information content (AvgIpc) is 3.01. The van der Waals surface area contributed by atoms with E-state index in [0.717, 1.165) is 12.8 Å². The molecule has 0 aromatic heterocycles. The number of hydrogen-bond acceptors (Lipinski definition) is 5. The molecule has 1 aliphatic rings. The molecule has 0 bridgehead atoms. The van der Waals surface area contributed by atoms with Crippen LogP contribution in [-0.2, 0) is 14.3 Å². The van der Waals surface area contributed by atoms with Gasteiger partial charge in [0.2, 0.25) is 5.91 Å². The van der Waals surface area contributed by atoms with Crippen LogP contribution < -0.4 is 16.1 Å². The minimum atomic E-state index is -0.760. The van der Waals surface area contributed by atoms with E-state index in [9.17, 15) is 14.0 Å². The molecular formula is C16H21FN4O3. The summed E-state index contributed by atoms with van der Waals surface area (Å²) in [6, 6.07) is 4.73. The first-order valence-corrected chi connectivity index (χ1v) is 7.71. The molecule has 7 nitrogen and oxygen atoms in total. The molecule has 24 heavy (non-hydrogen) atoms. The Morgan fingerprint density at radius 2 is 2.08 bits per heavy atom. The van der Waals surface area contributed by atoms with Gasteiger partial charge in [-0.3, -0.25) is 14.6 Å². The molecule has 130 valence electrons. The Labute approximate surface area is 139 Å². The average molecular weight is 336 g/mol. The van der Waals surface area contributed by atoms with Gasteiger partial charge in [-0.15, -0.1) is 0 Å². The number of hydrogen-bond donors (Lipinski definition) is 2. The molecule has 1 aromatic carbocycles. The summed E-state index contributed by atoms with van der Waals surface area (Å²) in [5.41, 5.74) is 6.13. The SMILES string of the molecule is COCCCCNC(=O)C1=NN(c2ccc(F)cc2)[C@@H](C(N)=O)C1. The number of nitrogens with zero attached hydrogens (tertiary/aromatic N) is 2. The molecule has 8 heteroatoms. The second kappa shape index (κ2) is 8.39. The highest BCUT2D eigenvalue weighted by Gasteiger charge is 2.34. The summed E-state index contributed by atoms with van der Waals surface area (Å²) >= 11 is 0. The lowest BCUT2D eigenvalue weighted by Gasteiger charge is -2.20. The molecular weight excluding hydrogens is 315 g/mol. The highest BCUT2D eigenvalue weighted by Crippen LogP contribution is 2.24. The van der Waals surface area contributed by atoms with Crippen LogP contribution in [0.15, 0.2) is 29.4 Å². The fourth-order valence-electron chi connectivity index (χ4n) is 2.38. The fourth-order valence-corrected chi connectivity index (χ4v) is 2.38. The van der Waals surface area contributed by atoms with Crippen LogP contribution in [0.1, 0.15) is 19.3 Å². The predicted octanol–water partition coefficient (Wildman–Crippen LogP) is 0.789. The monoisotopic (exact) mass is 336 g/mol. The van der Waals surface area contributed by atoms with Gasteiger partial charge >= 0.3 is 0 Å². The Hall–Kier alpha value is -2.48. The Bertz CT molecular complexity index is 618. The number of hydrazone groups is 1. The van der Waals surface area contributed by atoms with Crippen molar-refractivity contribution in [1.29, 1.82) is 0 Å². The highest BCUT2D eigenvalue weighted by molar-refractivity contribution is 6.40. The summed E-state index contributed by atoms with van der Waals surface area (Å²) in [5, 5.41) is 8.32. The van der Waals surface area contributed by atoms with Crippen molar-refractivity contribution in [2.75, 3.05) is 25.3 Å². The second-order valence-corrected chi connectivity index (χ2v) is 5.45. The van der Waals surface area contributed by atoms with Crippen LogP contribution in [0.4, 0.5) is 10.1 Å². The standard InChI is InChI=1S/C16H21FN4O3/c1-24-9-3-2-8-19-16(23)13-10-14(15(18)22)21(20-13)12-6-4-11(17)5-7-12/h4-7,14H,2-3,8-10H2,1H3,(H2,18,22)(H,19,23)/t14-/m1/s1. The number of rotatable bonds is 8. The number of primary amides is 1. The van der Waals surface area contributed by atoms with E-state index < -0.39 is 17.8 Å². The zero-order valence-corrected chi connectivity index (χ0v) is 13.5. The van der Waals surface area contributed by atoms with Gasteiger partial charge in [0, 0.05) is 26.7 Å². The third-order valence-corrected chi connectivity index (χ3v) is 3.65. The van der Waals surface area contributed by atoms with Crippen molar-refractivity contribution in [3.63, 3.8) is 0 Å². The molecule has 0 spiro atoms. The molecule has 1 atom stereocenters. The van der Waals surface area contributed by atoms with Gasteiger partial charge in [0.15, 0.2) is 0 Å². The van der Waals surface area contributed by atoms with Crippen molar-refractivity contribution >= 4 is 23.2 Å². The first-order chi connectivity index (χ1) is 11.5. The molecule has 0 aliphatic carbocycles. The molecule has 0 saturated heterocycles. The minimum Gasteiger partial charge on any atom is -0.385 e. The van der Waals surface area contributed by atoms with Crippen LogP contribution in [0.2, 0.25) is 0 Å². The third kappa shape index (κ3) is 4.51. The molecule has 1 aromatic rings. The molecule has 0 radical (unpaired) electrons. The van der Waals surface area contributed by atoms with Crippen LogP contribution in [0.25, 0.3) is 0 Å². The number of benzene rings is 1. The van der Waals surface area contributed by atoms with Crippen molar-refractivity contribution in [1.82, 2.24) is 5.32 Å². The quantitative estimate of drug-likeness (QED) is 0.686. The number of nitrogens with one attached hydrogen (secondary N) is 1. The van der Waals surface area contributed by atoms with Crippen molar-refractivity contribution in [2.24, 2.45) is 10.8 Å². The van der Waals surface area contributed by atoms with Crippen molar-refractivity contribution in [2.45, 2.75) is 25.3 Å². The fraction of sp³-hybridized carbons (Fsp3) is 0.438. The summed E-state index contributed by atoms with van der Waals surface area (Å²) in [7, 11) is 1.62. The number of anilines is 1. The van der Waals surface area contributed by atoms with Gasteiger partial charge in [0.25, 0.3) is 5.91 Å². The van der Waals surface area contributed by atoms with E-state index in [1.54, 1.807) is 7.11 Å². The molecule has 0 saturated carbocycles. The molecule has 3 N–H and O–H groups in total. The van der Waals surface area contributed by atoms with Gasteiger partial charge in [-0.25, -0.2) is 4.39 Å². The van der Waals surface area contributed by atoms with E-state index in [0.29, 0.717) is 18.8 Å². The Morgan fingerprint density at radius 1 is 1.38 bits per heavy atom. The molecule has 2 amide bonds. The summed E-state index contributed by atoms with van der Waals surface area (Å²) < 4.78 is 18.0. The number of carbonyl (C=O) groups is 2. The topological polar surface area (TPSA) is 97.0 Å². The Kier molecular flexibility index (Phi) is 6.25. The zero-order valence-electron chi connectivity index (χ0n) is 13.5. The summed E-state index contributed by atoms with van der Waals surface area (Å²) in [6.07, 6.45) is 1.75. The van der Waals surface area contributed by atoms with Gasteiger partial charge in [-0.1, -0.05) is 0 Å². The Morgan fingerprint density at radius 3 is 2.71 bits per heavy atom. The molecule has 0 fully saturated rings. The zero-order chi connectivity index (χ0) is 17.5. The van der Waals surface area contributed by atoms with E-state index in [-0.39, 0.29) is 18.0 Å². The van der Waals surface area contributed by atoms with Gasteiger partial charge in [-0.05, 0) is 37.1 Å². The Balaban J connectivity index is 2.02. The highest BCUT2D eigenvalue weighted by atomic mass is 19.1.